The van der Waals surface area contributed by atoms with Crippen molar-refractivity contribution in [1.82, 2.24) is 10.2 Å². The summed E-state index contributed by atoms with van der Waals surface area (Å²) in [6.45, 7) is 2.53. The molecule has 2 heterocycles. The molecule has 2 bridgehead atoms. The van der Waals surface area contributed by atoms with E-state index >= 15 is 0 Å². The van der Waals surface area contributed by atoms with Crippen LogP contribution in [-0.4, -0.2) is 35.3 Å². The monoisotopic (exact) mass is 507 g/mol. The molecular formula is C27H26ClN3O3S. The fraction of sp³-hybridized carbons (Fsp3) is 0.259. The Labute approximate surface area is 215 Å². The number of thiocarbonyl (C=S) groups is 1. The first-order valence-electron chi connectivity index (χ1n) is 11.4. The van der Waals surface area contributed by atoms with Crippen LogP contribution in [0.5, 0.6) is 11.5 Å². The van der Waals surface area contributed by atoms with E-state index in [0.29, 0.717) is 33.9 Å². The Bertz CT molecular complexity index is 1250. The van der Waals surface area contributed by atoms with Crippen molar-refractivity contribution in [3.63, 3.8) is 0 Å². The van der Waals surface area contributed by atoms with Crippen LogP contribution in [0.4, 0.5) is 5.69 Å². The van der Waals surface area contributed by atoms with Crippen LogP contribution >= 0.6 is 23.8 Å². The van der Waals surface area contributed by atoms with Gasteiger partial charge in [0.2, 0.25) is 5.91 Å². The van der Waals surface area contributed by atoms with Crippen LogP contribution in [0.15, 0.2) is 72.8 Å². The molecule has 6 nitrogen and oxygen atoms in total. The summed E-state index contributed by atoms with van der Waals surface area (Å²) >= 11 is 11.8. The van der Waals surface area contributed by atoms with Crippen LogP contribution in [-0.2, 0) is 11.2 Å². The number of hydrogen-bond acceptors (Lipinski definition) is 4. The summed E-state index contributed by atoms with van der Waals surface area (Å²) in [7, 11) is 1.62. The molecule has 1 fully saturated rings. The minimum atomic E-state index is -1.00. The van der Waals surface area contributed by atoms with E-state index in [-0.39, 0.29) is 11.9 Å². The van der Waals surface area contributed by atoms with Crippen molar-refractivity contribution >= 4 is 40.5 Å². The van der Waals surface area contributed by atoms with Crippen LogP contribution in [0.2, 0.25) is 5.02 Å². The van der Waals surface area contributed by atoms with Crippen LogP contribution in [0, 0.1) is 5.92 Å². The number of halogens is 1. The van der Waals surface area contributed by atoms with Crippen molar-refractivity contribution in [2.45, 2.75) is 25.1 Å². The fourth-order valence-electron chi connectivity index (χ4n) is 4.92. The van der Waals surface area contributed by atoms with Crippen molar-refractivity contribution in [2.24, 2.45) is 5.92 Å². The van der Waals surface area contributed by atoms with Crippen molar-refractivity contribution < 1.29 is 14.3 Å². The smallest absolute Gasteiger partial charge is 0.236 e. The molecule has 35 heavy (non-hydrogen) atoms. The van der Waals surface area contributed by atoms with E-state index in [1.807, 2.05) is 48.2 Å². The van der Waals surface area contributed by atoms with Crippen molar-refractivity contribution in [3.8, 4) is 11.5 Å². The quantitative estimate of drug-likeness (QED) is 0.448. The average Bonchev–Trinajstić information content (AvgIpc) is 2.85. The molecule has 1 saturated heterocycles. The van der Waals surface area contributed by atoms with E-state index in [2.05, 4.69) is 22.8 Å². The molecule has 2 aliphatic rings. The van der Waals surface area contributed by atoms with Gasteiger partial charge in [-0.15, -0.1) is 0 Å². The number of ether oxygens (including phenoxy) is 2. The number of anilines is 1. The summed E-state index contributed by atoms with van der Waals surface area (Å²) in [5.41, 5.74) is 1.68. The predicted octanol–water partition coefficient (Wildman–Crippen LogP) is 5.19. The lowest BCUT2D eigenvalue weighted by molar-refractivity contribution is -0.149. The molecule has 0 spiro atoms. The van der Waals surface area contributed by atoms with Gasteiger partial charge in [0, 0.05) is 22.8 Å². The van der Waals surface area contributed by atoms with Gasteiger partial charge in [0.05, 0.1) is 13.2 Å². The zero-order chi connectivity index (χ0) is 24.6. The Morgan fingerprint density at radius 2 is 1.91 bits per heavy atom. The average molecular weight is 508 g/mol. The van der Waals surface area contributed by atoms with Crippen LogP contribution in [0.1, 0.15) is 24.1 Å². The molecule has 0 aromatic heterocycles. The van der Waals surface area contributed by atoms with Gasteiger partial charge in [-0.25, -0.2) is 0 Å². The summed E-state index contributed by atoms with van der Waals surface area (Å²) < 4.78 is 12.1. The first-order chi connectivity index (χ1) is 16.9. The van der Waals surface area contributed by atoms with Gasteiger partial charge in [-0.3, -0.25) is 4.79 Å². The van der Waals surface area contributed by atoms with E-state index in [9.17, 15) is 4.79 Å². The fourth-order valence-corrected chi connectivity index (χ4v) is 5.44. The molecule has 3 aromatic rings. The van der Waals surface area contributed by atoms with E-state index in [4.69, 9.17) is 33.3 Å². The number of rotatable bonds is 6. The lowest BCUT2D eigenvalue weighted by Gasteiger charge is -2.56. The Hall–Kier alpha value is -3.29. The van der Waals surface area contributed by atoms with Gasteiger partial charge in [0.1, 0.15) is 17.4 Å². The minimum Gasteiger partial charge on any atom is -0.497 e. The third-order valence-electron chi connectivity index (χ3n) is 6.70. The zero-order valence-corrected chi connectivity index (χ0v) is 21.0. The van der Waals surface area contributed by atoms with Crippen molar-refractivity contribution in [3.05, 3.63) is 88.9 Å². The third-order valence-corrected chi connectivity index (χ3v) is 7.29. The highest BCUT2D eigenvalue weighted by molar-refractivity contribution is 7.80. The summed E-state index contributed by atoms with van der Waals surface area (Å²) in [6, 6.07) is 22.5. The molecule has 0 saturated carbocycles. The molecule has 3 aromatic carbocycles. The summed E-state index contributed by atoms with van der Waals surface area (Å²) in [4.78, 5) is 15.8. The van der Waals surface area contributed by atoms with Gasteiger partial charge in [-0.05, 0) is 73.6 Å². The Kier molecular flexibility index (Phi) is 6.30. The molecule has 2 aliphatic heterocycles. The van der Waals surface area contributed by atoms with E-state index < -0.39 is 11.6 Å². The van der Waals surface area contributed by atoms with E-state index in [1.54, 1.807) is 31.4 Å². The van der Waals surface area contributed by atoms with Crippen molar-refractivity contribution in [1.29, 1.82) is 0 Å². The maximum absolute atomic E-state index is 13.8. The molecule has 3 atom stereocenters. The summed E-state index contributed by atoms with van der Waals surface area (Å²) in [6.07, 6.45) is 0.757. The van der Waals surface area contributed by atoms with E-state index in [0.717, 1.165) is 12.0 Å². The van der Waals surface area contributed by atoms with Gasteiger partial charge in [0.25, 0.3) is 0 Å². The highest BCUT2D eigenvalue weighted by Crippen LogP contribution is 2.49. The molecule has 0 aliphatic carbocycles. The second-order valence-electron chi connectivity index (χ2n) is 8.85. The predicted molar refractivity (Wildman–Crippen MR) is 141 cm³/mol. The SMILES string of the molecule is COc1ccc2c(c1)[C@H]1NC(=S)N(CCc3ccccc3)[C@@](C)(O2)[C@@H]1C(=O)Nc1ccc(Cl)cc1. The van der Waals surface area contributed by atoms with Crippen LogP contribution in [0.3, 0.4) is 0 Å². The number of hydrogen-bond donors (Lipinski definition) is 2. The molecule has 2 N–H and O–H groups in total. The third kappa shape index (κ3) is 4.42. The number of nitrogens with zero attached hydrogens (tertiary/aromatic N) is 1. The van der Waals surface area contributed by atoms with E-state index in [1.165, 1.54) is 5.56 Å². The van der Waals surface area contributed by atoms with Gasteiger partial charge >= 0.3 is 0 Å². The zero-order valence-electron chi connectivity index (χ0n) is 19.5. The molecule has 180 valence electrons. The molecule has 8 heteroatoms. The Balaban J connectivity index is 1.52. The number of methoxy groups -OCH3 is 1. The number of benzene rings is 3. The largest absolute Gasteiger partial charge is 0.497 e. The summed E-state index contributed by atoms with van der Waals surface area (Å²) in [5, 5.41) is 7.63. The van der Waals surface area contributed by atoms with Gasteiger partial charge < -0.3 is 25.0 Å². The maximum atomic E-state index is 13.8. The molecule has 0 radical (unpaired) electrons. The number of amides is 1. The molecule has 0 unspecified atom stereocenters. The first kappa shape index (κ1) is 23.5. The van der Waals surface area contributed by atoms with Gasteiger partial charge in [-0.1, -0.05) is 41.9 Å². The number of nitrogens with one attached hydrogen (secondary N) is 2. The highest BCUT2D eigenvalue weighted by Gasteiger charge is 2.58. The first-order valence-corrected chi connectivity index (χ1v) is 12.2. The Morgan fingerprint density at radius 3 is 2.63 bits per heavy atom. The van der Waals surface area contributed by atoms with Gasteiger partial charge in [-0.2, -0.15) is 0 Å². The Morgan fingerprint density at radius 1 is 1.17 bits per heavy atom. The maximum Gasteiger partial charge on any atom is 0.236 e. The van der Waals surface area contributed by atoms with Crippen molar-refractivity contribution in [2.75, 3.05) is 19.0 Å². The second kappa shape index (κ2) is 9.40. The summed E-state index contributed by atoms with van der Waals surface area (Å²) in [5.74, 6) is 0.619. The number of carbonyl (C=O) groups is 1. The second-order valence-corrected chi connectivity index (χ2v) is 9.67. The van der Waals surface area contributed by atoms with Crippen LogP contribution < -0.4 is 20.1 Å². The molecule has 1 amide bonds. The van der Waals surface area contributed by atoms with Crippen LogP contribution in [0.25, 0.3) is 0 Å². The molecule has 5 rings (SSSR count). The molecular weight excluding hydrogens is 482 g/mol. The number of fused-ring (bicyclic) bond motifs is 4. The highest BCUT2D eigenvalue weighted by atomic mass is 35.5. The number of carbonyl (C=O) groups excluding carboxylic acids is 1. The van der Waals surface area contributed by atoms with Gasteiger partial charge in [0.15, 0.2) is 10.8 Å². The minimum absolute atomic E-state index is 0.173. The lowest BCUT2D eigenvalue weighted by Crippen LogP contribution is -2.71. The topological polar surface area (TPSA) is 62.8 Å². The lowest BCUT2D eigenvalue weighted by atomic mass is 9.78. The normalized spacial score (nSPS) is 22.5. The standard InChI is InChI=1S/C27H26ClN3O3S/c1-27-23(25(32)29-19-10-8-18(28)9-11-19)24(21-16-20(33-2)12-13-22(21)34-27)30-26(35)31(27)15-14-17-6-4-3-5-7-17/h3-13,16,23-24H,14-15H2,1-2H3,(H,29,32)(H,30,35)/t23-,24+,27-/m0/s1.